The highest BCUT2D eigenvalue weighted by Gasteiger charge is 2.17. The minimum absolute atomic E-state index is 0.0230. The van der Waals surface area contributed by atoms with Crippen LogP contribution in [-0.2, 0) is 9.59 Å². The van der Waals surface area contributed by atoms with Gasteiger partial charge < -0.3 is 20.4 Å². The molecule has 4 aromatic carbocycles. The molecule has 0 unspecified atom stereocenters. The van der Waals surface area contributed by atoms with Crippen molar-refractivity contribution in [3.63, 3.8) is 0 Å². The molecule has 7 nitrogen and oxygen atoms in total. The average Bonchev–Trinajstić information content (AvgIpc) is 3.51. The van der Waals surface area contributed by atoms with Crippen LogP contribution in [-0.4, -0.2) is 23.5 Å². The molecule has 0 aliphatic carbocycles. The van der Waals surface area contributed by atoms with Gasteiger partial charge in [0, 0.05) is 37.3 Å². The third kappa shape index (κ3) is 8.95. The van der Waals surface area contributed by atoms with E-state index in [0.29, 0.717) is 22.8 Å². The lowest BCUT2D eigenvalue weighted by atomic mass is 10.2. The maximum Gasteiger partial charge on any atom is 0.272 e. The topological polar surface area (TPSA) is 100 Å². The standard InChI is InChI=1S/C34H24BrClFN3O4S/c35-23-8-6-21(7-9-23)31-17-13-26(44-31)19-30(40-33(42)22-4-2-1-3-5-22)34(43)38-25-11-14-27(15-12-25)45-20-32(41)39-29-16-10-24(36)18-28(29)37/h1-19H,20H2,(H,38,43)(H,39,41)(H,40,42)/b30-19-. The second kappa shape index (κ2) is 14.9. The fourth-order valence-corrected chi connectivity index (χ4v) is 5.16. The Bertz CT molecular complexity index is 1860. The second-order valence-electron chi connectivity index (χ2n) is 9.53. The van der Waals surface area contributed by atoms with Crippen molar-refractivity contribution >= 4 is 74.5 Å². The minimum atomic E-state index is -0.619. The van der Waals surface area contributed by atoms with Crippen molar-refractivity contribution in [1.82, 2.24) is 5.32 Å². The molecule has 3 amide bonds. The number of anilines is 2. The van der Waals surface area contributed by atoms with E-state index in [9.17, 15) is 18.8 Å². The minimum Gasteiger partial charge on any atom is -0.457 e. The molecule has 45 heavy (non-hydrogen) atoms. The lowest BCUT2D eigenvalue weighted by Crippen LogP contribution is -2.30. The summed E-state index contributed by atoms with van der Waals surface area (Å²) in [5.74, 6) is -1.02. The molecule has 1 heterocycles. The predicted molar refractivity (Wildman–Crippen MR) is 180 cm³/mol. The van der Waals surface area contributed by atoms with Gasteiger partial charge in [-0.2, -0.15) is 0 Å². The fraction of sp³-hybridized carbons (Fsp3) is 0.0294. The zero-order chi connectivity index (χ0) is 31.8. The number of furan rings is 1. The lowest BCUT2D eigenvalue weighted by molar-refractivity contribution is -0.114. The van der Waals surface area contributed by atoms with Gasteiger partial charge in [0.15, 0.2) is 0 Å². The van der Waals surface area contributed by atoms with E-state index >= 15 is 0 Å². The number of carbonyl (C=O) groups is 3. The number of hydrogen-bond acceptors (Lipinski definition) is 5. The van der Waals surface area contributed by atoms with Crippen molar-refractivity contribution in [3.8, 4) is 11.3 Å². The first-order valence-corrected chi connectivity index (χ1v) is 15.6. The highest BCUT2D eigenvalue weighted by atomic mass is 79.9. The van der Waals surface area contributed by atoms with Gasteiger partial charge in [-0.25, -0.2) is 4.39 Å². The van der Waals surface area contributed by atoms with Gasteiger partial charge >= 0.3 is 0 Å². The summed E-state index contributed by atoms with van der Waals surface area (Å²) in [5, 5.41) is 8.23. The van der Waals surface area contributed by atoms with E-state index in [1.54, 1.807) is 66.7 Å². The summed E-state index contributed by atoms with van der Waals surface area (Å²) < 4.78 is 20.9. The Morgan fingerprint density at radius 3 is 2.31 bits per heavy atom. The number of benzene rings is 4. The molecule has 226 valence electrons. The highest BCUT2D eigenvalue weighted by molar-refractivity contribution is 9.10. The first-order chi connectivity index (χ1) is 21.7. The number of amides is 3. The molecule has 0 saturated carbocycles. The SMILES string of the molecule is O=C(CSc1ccc(NC(=O)/C(=C/c2ccc(-c3ccc(Br)cc3)o2)NC(=O)c2ccccc2)cc1)Nc1ccc(Cl)cc1F. The number of rotatable bonds is 10. The van der Waals surface area contributed by atoms with Gasteiger partial charge in [-0.1, -0.05) is 57.9 Å². The maximum atomic E-state index is 14.0. The Kier molecular flexibility index (Phi) is 10.5. The summed E-state index contributed by atoms with van der Waals surface area (Å²) in [6.07, 6.45) is 1.46. The van der Waals surface area contributed by atoms with Crippen molar-refractivity contribution in [3.05, 3.63) is 142 Å². The van der Waals surface area contributed by atoms with Crippen molar-refractivity contribution in [2.24, 2.45) is 0 Å². The van der Waals surface area contributed by atoms with Gasteiger partial charge in [-0.15, -0.1) is 11.8 Å². The van der Waals surface area contributed by atoms with E-state index < -0.39 is 17.6 Å². The smallest absolute Gasteiger partial charge is 0.272 e. The van der Waals surface area contributed by atoms with Gasteiger partial charge in [0.2, 0.25) is 5.91 Å². The molecule has 5 aromatic rings. The quantitative estimate of drug-likeness (QED) is 0.0999. The van der Waals surface area contributed by atoms with Crippen LogP contribution in [0.1, 0.15) is 16.1 Å². The molecule has 3 N–H and O–H groups in total. The van der Waals surface area contributed by atoms with Crippen LogP contribution >= 0.6 is 39.3 Å². The van der Waals surface area contributed by atoms with Crippen LogP contribution in [0.5, 0.6) is 0 Å². The van der Waals surface area contributed by atoms with Crippen LogP contribution in [0.2, 0.25) is 5.02 Å². The molecule has 0 radical (unpaired) electrons. The monoisotopic (exact) mass is 703 g/mol. The molecule has 0 saturated heterocycles. The summed E-state index contributed by atoms with van der Waals surface area (Å²) in [6, 6.07) is 30.5. The van der Waals surface area contributed by atoms with Gasteiger partial charge in [0.1, 0.15) is 23.0 Å². The summed E-state index contributed by atoms with van der Waals surface area (Å²) in [5.41, 5.74) is 1.72. The largest absolute Gasteiger partial charge is 0.457 e. The number of halogens is 3. The van der Waals surface area contributed by atoms with E-state index in [0.717, 1.165) is 21.0 Å². The molecule has 0 spiro atoms. The average molecular weight is 705 g/mol. The van der Waals surface area contributed by atoms with Crippen LogP contribution in [0.3, 0.4) is 0 Å². The van der Waals surface area contributed by atoms with Gasteiger partial charge in [-0.3, -0.25) is 14.4 Å². The molecule has 11 heteroatoms. The summed E-state index contributed by atoms with van der Waals surface area (Å²) in [6.45, 7) is 0. The van der Waals surface area contributed by atoms with E-state index in [1.807, 2.05) is 24.3 Å². The van der Waals surface area contributed by atoms with Gasteiger partial charge in [0.05, 0.1) is 11.4 Å². The molecule has 0 bridgehead atoms. The first-order valence-electron chi connectivity index (χ1n) is 13.5. The van der Waals surface area contributed by atoms with Crippen molar-refractivity contribution < 1.29 is 23.2 Å². The van der Waals surface area contributed by atoms with E-state index in [-0.39, 0.29) is 28.1 Å². The zero-order valence-corrected chi connectivity index (χ0v) is 26.5. The van der Waals surface area contributed by atoms with Crippen LogP contribution in [0.4, 0.5) is 15.8 Å². The van der Waals surface area contributed by atoms with Gasteiger partial charge in [0.25, 0.3) is 11.8 Å². The Morgan fingerprint density at radius 1 is 0.867 bits per heavy atom. The third-order valence-corrected chi connectivity index (χ3v) is 8.03. The van der Waals surface area contributed by atoms with Gasteiger partial charge in [-0.05, 0) is 78.9 Å². The number of carbonyl (C=O) groups excluding carboxylic acids is 3. The first kappa shape index (κ1) is 31.8. The molecular weight excluding hydrogens is 681 g/mol. The summed E-state index contributed by atoms with van der Waals surface area (Å²) in [4.78, 5) is 39.4. The second-order valence-corrected chi connectivity index (χ2v) is 11.9. The van der Waals surface area contributed by atoms with Crippen molar-refractivity contribution in [2.75, 3.05) is 16.4 Å². The maximum absolute atomic E-state index is 14.0. The Hall–Kier alpha value is -4.64. The Labute approximate surface area is 276 Å². The normalized spacial score (nSPS) is 11.1. The van der Waals surface area contributed by atoms with Crippen molar-refractivity contribution in [1.29, 1.82) is 0 Å². The van der Waals surface area contributed by atoms with E-state index in [1.165, 1.54) is 30.0 Å². The Balaban J connectivity index is 1.26. The number of thioether (sulfide) groups is 1. The van der Waals surface area contributed by atoms with Crippen LogP contribution < -0.4 is 16.0 Å². The Morgan fingerprint density at radius 2 is 1.60 bits per heavy atom. The fourth-order valence-electron chi connectivity index (χ4n) is 4.04. The number of nitrogens with one attached hydrogen (secondary N) is 3. The van der Waals surface area contributed by atoms with Crippen LogP contribution in [0, 0.1) is 5.82 Å². The molecule has 0 aliphatic heterocycles. The van der Waals surface area contributed by atoms with Crippen molar-refractivity contribution in [2.45, 2.75) is 4.90 Å². The molecular formula is C34H24BrClFN3O4S. The van der Waals surface area contributed by atoms with E-state index in [4.69, 9.17) is 16.0 Å². The molecule has 5 rings (SSSR count). The van der Waals surface area contributed by atoms with Crippen LogP contribution in [0.25, 0.3) is 17.4 Å². The van der Waals surface area contributed by atoms with E-state index in [2.05, 4.69) is 31.9 Å². The predicted octanol–water partition coefficient (Wildman–Crippen LogP) is 8.64. The zero-order valence-electron chi connectivity index (χ0n) is 23.4. The molecule has 1 aromatic heterocycles. The highest BCUT2D eigenvalue weighted by Crippen LogP contribution is 2.26. The summed E-state index contributed by atoms with van der Waals surface area (Å²) >= 11 is 10.4. The lowest BCUT2D eigenvalue weighted by Gasteiger charge is -2.11. The molecule has 0 atom stereocenters. The molecule has 0 fully saturated rings. The summed E-state index contributed by atoms with van der Waals surface area (Å²) in [7, 11) is 0. The molecule has 0 aliphatic rings. The number of hydrogen-bond donors (Lipinski definition) is 3. The third-order valence-electron chi connectivity index (χ3n) is 6.26. The van der Waals surface area contributed by atoms with Crippen LogP contribution in [0.15, 0.2) is 129 Å².